The molecule has 0 radical (unpaired) electrons. The van der Waals surface area contributed by atoms with Crippen molar-refractivity contribution in [3.05, 3.63) is 83.4 Å². The lowest BCUT2D eigenvalue weighted by molar-refractivity contribution is -0.208. The fourth-order valence-electron chi connectivity index (χ4n) is 6.09. The largest absolute Gasteiger partial charge is 0.454 e. The number of ether oxygens (including phenoxy) is 5. The summed E-state index contributed by atoms with van der Waals surface area (Å²) in [6.07, 6.45) is -1.78. The van der Waals surface area contributed by atoms with Crippen molar-refractivity contribution in [2.75, 3.05) is 18.2 Å². The first kappa shape index (κ1) is 25.8. The molecule has 0 aromatic heterocycles. The normalized spacial score (nSPS) is 27.0. The molecular weight excluding hydrogens is 532 g/mol. The molecule has 4 heterocycles. The molecular formula is C30H32N2O7S. The van der Waals surface area contributed by atoms with E-state index < -0.39 is 40.4 Å². The van der Waals surface area contributed by atoms with Gasteiger partial charge in [0.05, 0.1) is 17.0 Å². The maximum Gasteiger partial charge on any atom is 0.243 e. The van der Waals surface area contributed by atoms with Gasteiger partial charge in [0.2, 0.25) is 16.8 Å². The summed E-state index contributed by atoms with van der Waals surface area (Å²) in [6, 6.07) is 20.3. The molecule has 0 saturated carbocycles. The van der Waals surface area contributed by atoms with E-state index in [9.17, 15) is 8.42 Å². The molecule has 7 rings (SSSR count). The van der Waals surface area contributed by atoms with Gasteiger partial charge in [-0.3, -0.25) is 0 Å². The van der Waals surface area contributed by atoms with Crippen molar-refractivity contribution in [3.8, 4) is 11.5 Å². The minimum atomic E-state index is -3.95. The second-order valence-corrected chi connectivity index (χ2v) is 13.1. The summed E-state index contributed by atoms with van der Waals surface area (Å²) in [5, 5.41) is 0. The van der Waals surface area contributed by atoms with Crippen LogP contribution >= 0.6 is 0 Å². The molecule has 10 heteroatoms. The van der Waals surface area contributed by atoms with Crippen LogP contribution < -0.4 is 14.4 Å². The van der Waals surface area contributed by atoms with Crippen LogP contribution in [0.4, 0.5) is 5.69 Å². The zero-order chi connectivity index (χ0) is 27.6. The fraction of sp³-hybridized carbons (Fsp3) is 0.400. The lowest BCUT2D eigenvalue weighted by Gasteiger charge is -2.40. The van der Waals surface area contributed by atoms with Crippen molar-refractivity contribution >= 4 is 15.7 Å². The van der Waals surface area contributed by atoms with Gasteiger partial charge in [0.25, 0.3) is 0 Å². The Labute approximate surface area is 234 Å². The molecule has 40 heavy (non-hydrogen) atoms. The van der Waals surface area contributed by atoms with Crippen LogP contribution in [0.2, 0.25) is 0 Å². The van der Waals surface area contributed by atoms with Gasteiger partial charge >= 0.3 is 0 Å². The molecule has 4 atom stereocenters. The second-order valence-electron chi connectivity index (χ2n) is 11.2. The maximum atomic E-state index is 14.4. The van der Waals surface area contributed by atoms with E-state index in [2.05, 4.69) is 17.0 Å². The van der Waals surface area contributed by atoms with Crippen molar-refractivity contribution < 1.29 is 32.1 Å². The third-order valence-corrected chi connectivity index (χ3v) is 9.79. The highest BCUT2D eigenvalue weighted by molar-refractivity contribution is 7.89. The number of rotatable bonds is 4. The number of aryl methyl sites for hydroxylation is 1. The van der Waals surface area contributed by atoms with Crippen LogP contribution in [0.3, 0.4) is 0 Å². The molecule has 4 aliphatic heterocycles. The minimum Gasteiger partial charge on any atom is -0.454 e. The van der Waals surface area contributed by atoms with Crippen LogP contribution in [0.15, 0.2) is 71.6 Å². The lowest BCUT2D eigenvalue weighted by atomic mass is 10.0. The number of fused-ring (bicyclic) bond motifs is 5. The van der Waals surface area contributed by atoms with Gasteiger partial charge in [0, 0.05) is 31.4 Å². The summed E-state index contributed by atoms with van der Waals surface area (Å²) in [5.74, 6) is 0.347. The van der Waals surface area contributed by atoms with Gasteiger partial charge in [-0.05, 0) is 50.1 Å². The molecule has 0 unspecified atom stereocenters. The van der Waals surface area contributed by atoms with Crippen LogP contribution in [0.1, 0.15) is 30.5 Å². The summed E-state index contributed by atoms with van der Waals surface area (Å²) in [4.78, 5) is 2.45. The number of hydrogen-bond acceptors (Lipinski definition) is 8. The van der Waals surface area contributed by atoms with Crippen molar-refractivity contribution in [1.82, 2.24) is 4.31 Å². The average Bonchev–Trinajstić information content (AvgIpc) is 3.58. The Hall–Kier alpha value is -3.15. The van der Waals surface area contributed by atoms with Crippen molar-refractivity contribution in [2.45, 2.75) is 69.1 Å². The Morgan fingerprint density at radius 2 is 1.68 bits per heavy atom. The number of hydrogen-bond donors (Lipinski definition) is 0. The topological polar surface area (TPSA) is 86.8 Å². The zero-order valence-electron chi connectivity index (χ0n) is 22.6. The smallest absolute Gasteiger partial charge is 0.243 e. The number of anilines is 1. The van der Waals surface area contributed by atoms with E-state index in [1.54, 1.807) is 16.4 Å². The first-order chi connectivity index (χ1) is 19.2. The van der Waals surface area contributed by atoms with Crippen LogP contribution in [-0.2, 0) is 37.3 Å². The van der Waals surface area contributed by atoms with Gasteiger partial charge in [0.1, 0.15) is 6.10 Å². The molecule has 3 aromatic carbocycles. The molecule has 3 aromatic rings. The third kappa shape index (κ3) is 4.44. The number of sulfonamides is 1. The van der Waals surface area contributed by atoms with Crippen molar-refractivity contribution in [2.24, 2.45) is 0 Å². The first-order valence-corrected chi connectivity index (χ1v) is 14.9. The summed E-state index contributed by atoms with van der Waals surface area (Å²) in [7, 11) is -3.95. The summed E-state index contributed by atoms with van der Waals surface area (Å²) >= 11 is 0. The molecule has 0 amide bonds. The van der Waals surface area contributed by atoms with E-state index in [1.165, 1.54) is 0 Å². The predicted octanol–water partition coefficient (Wildman–Crippen LogP) is 4.18. The van der Waals surface area contributed by atoms with E-state index in [-0.39, 0.29) is 18.2 Å². The van der Waals surface area contributed by atoms with Crippen LogP contribution in [0.5, 0.6) is 11.5 Å². The molecule has 210 valence electrons. The van der Waals surface area contributed by atoms with Gasteiger partial charge in [-0.2, -0.15) is 4.31 Å². The quantitative estimate of drug-likeness (QED) is 0.467. The van der Waals surface area contributed by atoms with Gasteiger partial charge in [-0.15, -0.1) is 0 Å². The maximum absolute atomic E-state index is 14.4. The Bertz CT molecular complexity index is 1530. The number of benzene rings is 3. The highest BCUT2D eigenvalue weighted by Gasteiger charge is 2.59. The van der Waals surface area contributed by atoms with Gasteiger partial charge < -0.3 is 28.6 Å². The molecule has 9 nitrogen and oxygen atoms in total. The van der Waals surface area contributed by atoms with Crippen molar-refractivity contribution in [3.63, 3.8) is 0 Å². The van der Waals surface area contributed by atoms with E-state index in [0.717, 1.165) is 22.4 Å². The predicted molar refractivity (Wildman–Crippen MR) is 146 cm³/mol. The number of nitrogens with zero attached hydrogens (tertiary/aromatic N) is 2. The molecule has 2 fully saturated rings. The molecule has 2 saturated heterocycles. The van der Waals surface area contributed by atoms with Crippen LogP contribution in [-0.4, -0.2) is 56.4 Å². The summed E-state index contributed by atoms with van der Waals surface area (Å²) < 4.78 is 60.6. The SMILES string of the molecule is Cc1ccc(S(=O)(=O)N2Cc3cc4c(cc3N(Cc3ccccc3)C[C@H]3O[C@@H]5OC(C)(C)O[C@@H]5[C@H]32)OCO4)cc1. The standard InChI is InChI=1S/C30H32N2O7S/c1-19-9-11-22(12-10-19)40(33,34)32-16-21-13-24-25(36-18-35-24)14-23(21)31(15-20-7-5-4-6-8-20)17-26-27(32)28-29(37-26)39-30(2,3)38-28/h4-14,26-29H,15-18H2,1-3H3/t26-,27+,28-,29-/m1/s1. The van der Waals surface area contributed by atoms with Gasteiger partial charge in [-0.1, -0.05) is 48.0 Å². The van der Waals surface area contributed by atoms with Gasteiger partial charge in [0.15, 0.2) is 23.6 Å². The summed E-state index contributed by atoms with van der Waals surface area (Å²) in [6.45, 7) is 6.83. The van der Waals surface area contributed by atoms with E-state index >= 15 is 0 Å². The van der Waals surface area contributed by atoms with Crippen LogP contribution in [0, 0.1) is 6.92 Å². The summed E-state index contributed by atoms with van der Waals surface area (Å²) in [5.41, 5.74) is 3.80. The Morgan fingerprint density at radius 3 is 2.42 bits per heavy atom. The van der Waals surface area contributed by atoms with E-state index in [4.69, 9.17) is 23.7 Å². The third-order valence-electron chi connectivity index (χ3n) is 7.93. The van der Waals surface area contributed by atoms with E-state index in [0.29, 0.717) is 24.6 Å². The average molecular weight is 565 g/mol. The van der Waals surface area contributed by atoms with E-state index in [1.807, 2.05) is 63.2 Å². The highest BCUT2D eigenvalue weighted by Crippen LogP contribution is 2.46. The molecule has 4 aliphatic rings. The Kier molecular flexibility index (Phi) is 6.10. The van der Waals surface area contributed by atoms with Crippen LogP contribution in [0.25, 0.3) is 0 Å². The molecule has 0 aliphatic carbocycles. The molecule has 0 spiro atoms. The molecule has 0 N–H and O–H groups in total. The minimum absolute atomic E-state index is 0.102. The monoisotopic (exact) mass is 564 g/mol. The highest BCUT2D eigenvalue weighted by atomic mass is 32.2. The Morgan fingerprint density at radius 1 is 0.950 bits per heavy atom. The lowest BCUT2D eigenvalue weighted by Crippen LogP contribution is -2.54. The fourth-order valence-corrected chi connectivity index (χ4v) is 7.72. The van der Waals surface area contributed by atoms with Crippen molar-refractivity contribution in [1.29, 1.82) is 0 Å². The Balaban J connectivity index is 1.37. The molecule has 0 bridgehead atoms. The van der Waals surface area contributed by atoms with Gasteiger partial charge in [-0.25, -0.2) is 8.42 Å². The zero-order valence-corrected chi connectivity index (χ0v) is 23.5. The first-order valence-electron chi connectivity index (χ1n) is 13.5. The second kappa shape index (κ2) is 9.46.